The molecule has 0 aliphatic rings. The highest BCUT2D eigenvalue weighted by atomic mass is 32.1. The minimum Gasteiger partial charge on any atom is -0.310 e. The van der Waals surface area contributed by atoms with Gasteiger partial charge >= 0.3 is 6.18 Å². The number of aromatic amines is 1. The fourth-order valence-corrected chi connectivity index (χ4v) is 2.90. The van der Waals surface area contributed by atoms with Crippen LogP contribution in [0.5, 0.6) is 0 Å². The van der Waals surface area contributed by atoms with Gasteiger partial charge in [0.2, 0.25) is 0 Å². The maximum Gasteiger partial charge on any atom is 0.416 e. The summed E-state index contributed by atoms with van der Waals surface area (Å²) < 4.78 is 42.0. The molecule has 0 saturated heterocycles. The van der Waals surface area contributed by atoms with Gasteiger partial charge in [0, 0.05) is 12.7 Å². The van der Waals surface area contributed by atoms with E-state index < -0.39 is 11.7 Å². The summed E-state index contributed by atoms with van der Waals surface area (Å²) in [4.78, 5) is 12.8. The van der Waals surface area contributed by atoms with Crippen LogP contribution in [0.4, 0.5) is 13.2 Å². The van der Waals surface area contributed by atoms with Crippen LogP contribution in [-0.2, 0) is 19.3 Å². The molecule has 0 spiro atoms. The van der Waals surface area contributed by atoms with Crippen LogP contribution in [0.25, 0.3) is 11.4 Å². The standard InChI is InChI=1S/C18H15F3N4OS/c1-2-8-25-15(22-23-17(25)27)14-7-4-9-24(16(14)26)11-12-5-3-6-13(10-12)18(19,20)21/h2-7,9-10H,1,8,11H2,(H,23,27). The van der Waals surface area contributed by atoms with E-state index in [0.29, 0.717) is 28.3 Å². The Bertz CT molecular complexity index is 1090. The Morgan fingerprint density at radius 2 is 2.04 bits per heavy atom. The monoisotopic (exact) mass is 392 g/mol. The third-order valence-corrected chi connectivity index (χ3v) is 4.25. The average molecular weight is 392 g/mol. The summed E-state index contributed by atoms with van der Waals surface area (Å²) in [5.74, 6) is 0.350. The predicted molar refractivity (Wildman–Crippen MR) is 97.9 cm³/mol. The third kappa shape index (κ3) is 3.92. The van der Waals surface area contributed by atoms with Gasteiger partial charge in [-0.15, -0.1) is 6.58 Å². The van der Waals surface area contributed by atoms with Crippen LogP contribution in [-0.4, -0.2) is 19.3 Å². The van der Waals surface area contributed by atoms with Gasteiger partial charge in [-0.05, 0) is 42.0 Å². The maximum absolute atomic E-state index is 12.9. The first-order chi connectivity index (χ1) is 12.8. The molecule has 0 unspecified atom stereocenters. The first kappa shape index (κ1) is 18.8. The molecule has 0 aliphatic heterocycles. The first-order valence-corrected chi connectivity index (χ1v) is 8.34. The molecule has 1 aromatic carbocycles. The van der Waals surface area contributed by atoms with Gasteiger partial charge in [0.15, 0.2) is 10.6 Å². The van der Waals surface area contributed by atoms with Gasteiger partial charge in [0.05, 0.1) is 17.7 Å². The largest absolute Gasteiger partial charge is 0.416 e. The second kappa shape index (κ2) is 7.36. The van der Waals surface area contributed by atoms with Crippen molar-refractivity contribution in [1.29, 1.82) is 0 Å². The number of allylic oxidation sites excluding steroid dienone is 1. The van der Waals surface area contributed by atoms with Gasteiger partial charge in [-0.3, -0.25) is 14.5 Å². The lowest BCUT2D eigenvalue weighted by Crippen LogP contribution is -2.22. The van der Waals surface area contributed by atoms with Gasteiger partial charge in [-0.25, -0.2) is 0 Å². The van der Waals surface area contributed by atoms with E-state index >= 15 is 0 Å². The number of hydrogen-bond acceptors (Lipinski definition) is 3. The quantitative estimate of drug-likeness (QED) is 0.527. The number of hydrogen-bond donors (Lipinski definition) is 1. The molecule has 0 bridgehead atoms. The van der Waals surface area contributed by atoms with Crippen LogP contribution >= 0.6 is 12.2 Å². The summed E-state index contributed by atoms with van der Waals surface area (Å²) >= 11 is 5.15. The van der Waals surface area contributed by atoms with Crippen molar-refractivity contribution in [3.63, 3.8) is 0 Å². The van der Waals surface area contributed by atoms with Crippen molar-refractivity contribution in [2.24, 2.45) is 0 Å². The fourth-order valence-electron chi connectivity index (χ4n) is 2.70. The Morgan fingerprint density at radius 1 is 1.26 bits per heavy atom. The summed E-state index contributed by atoms with van der Waals surface area (Å²) in [5.41, 5.74) is -0.474. The van der Waals surface area contributed by atoms with Crippen LogP contribution in [0.3, 0.4) is 0 Å². The van der Waals surface area contributed by atoms with E-state index in [4.69, 9.17) is 12.2 Å². The molecule has 2 heterocycles. The van der Waals surface area contributed by atoms with Crippen molar-refractivity contribution in [2.45, 2.75) is 19.3 Å². The van der Waals surface area contributed by atoms with Crippen molar-refractivity contribution in [3.05, 3.63) is 81.5 Å². The molecule has 0 amide bonds. The Kier molecular flexibility index (Phi) is 5.13. The van der Waals surface area contributed by atoms with Crippen molar-refractivity contribution < 1.29 is 13.2 Å². The Hall–Kier alpha value is -2.94. The first-order valence-electron chi connectivity index (χ1n) is 7.93. The van der Waals surface area contributed by atoms with Crippen LogP contribution in [0.1, 0.15) is 11.1 Å². The number of aromatic nitrogens is 4. The maximum atomic E-state index is 12.9. The third-order valence-electron chi connectivity index (χ3n) is 3.94. The summed E-state index contributed by atoms with van der Waals surface area (Å²) in [6.07, 6.45) is -1.29. The van der Waals surface area contributed by atoms with Crippen LogP contribution in [0.15, 0.2) is 60.0 Å². The molecular formula is C18H15F3N4OS. The normalized spacial score (nSPS) is 11.5. The molecule has 140 valence electrons. The molecule has 0 saturated carbocycles. The number of alkyl halides is 3. The summed E-state index contributed by atoms with van der Waals surface area (Å²) in [7, 11) is 0. The van der Waals surface area contributed by atoms with Gasteiger partial charge in [-0.1, -0.05) is 18.2 Å². The molecule has 3 aromatic rings. The molecule has 1 N–H and O–H groups in total. The van der Waals surface area contributed by atoms with Crippen molar-refractivity contribution in [3.8, 4) is 11.4 Å². The van der Waals surface area contributed by atoms with E-state index in [2.05, 4.69) is 16.8 Å². The average Bonchev–Trinajstić information content (AvgIpc) is 2.97. The zero-order valence-corrected chi connectivity index (χ0v) is 14.8. The second-order valence-electron chi connectivity index (χ2n) is 5.80. The molecule has 2 aromatic heterocycles. The SMILES string of the molecule is C=CCn1c(-c2cccn(Cc3cccc(C(F)(F)F)c3)c2=O)n[nH]c1=S. The number of H-pyrrole nitrogens is 1. The zero-order chi connectivity index (χ0) is 19.6. The molecule has 9 heteroatoms. The van der Waals surface area contributed by atoms with Crippen LogP contribution in [0, 0.1) is 4.77 Å². The molecule has 0 radical (unpaired) electrons. The highest BCUT2D eigenvalue weighted by molar-refractivity contribution is 7.71. The molecule has 0 fully saturated rings. The topological polar surface area (TPSA) is 55.6 Å². The minimum atomic E-state index is -4.44. The molecule has 0 aliphatic carbocycles. The molecular weight excluding hydrogens is 377 g/mol. The van der Waals surface area contributed by atoms with E-state index in [1.807, 2.05) is 0 Å². The lowest BCUT2D eigenvalue weighted by molar-refractivity contribution is -0.137. The Balaban J connectivity index is 2.01. The molecule has 27 heavy (non-hydrogen) atoms. The van der Waals surface area contributed by atoms with E-state index in [1.54, 1.807) is 28.8 Å². The highest BCUT2D eigenvalue weighted by Crippen LogP contribution is 2.29. The Labute approximate surface area is 157 Å². The second-order valence-corrected chi connectivity index (χ2v) is 6.19. The lowest BCUT2D eigenvalue weighted by Gasteiger charge is -2.11. The summed E-state index contributed by atoms with van der Waals surface area (Å²) in [5, 5.41) is 6.73. The van der Waals surface area contributed by atoms with Gasteiger partial charge in [0.1, 0.15) is 0 Å². The zero-order valence-electron chi connectivity index (χ0n) is 14.0. The van der Waals surface area contributed by atoms with Crippen molar-refractivity contribution in [1.82, 2.24) is 19.3 Å². The van der Waals surface area contributed by atoms with Gasteiger partial charge in [0.25, 0.3) is 5.56 Å². The number of benzene rings is 1. The minimum absolute atomic E-state index is 0.00318. The molecule has 3 rings (SSSR count). The van der Waals surface area contributed by atoms with Crippen molar-refractivity contribution >= 4 is 12.2 Å². The Morgan fingerprint density at radius 3 is 2.74 bits per heavy atom. The van der Waals surface area contributed by atoms with Gasteiger partial charge in [-0.2, -0.15) is 18.3 Å². The number of nitrogens with one attached hydrogen (secondary N) is 1. The lowest BCUT2D eigenvalue weighted by atomic mass is 10.1. The molecule has 0 atom stereocenters. The fraction of sp³-hybridized carbons (Fsp3) is 0.167. The number of pyridine rings is 1. The summed E-state index contributed by atoms with van der Waals surface area (Å²) in [6.45, 7) is 4.02. The van der Waals surface area contributed by atoms with Crippen LogP contribution < -0.4 is 5.56 Å². The molecule has 5 nitrogen and oxygen atoms in total. The van der Waals surface area contributed by atoms with E-state index in [-0.39, 0.29) is 12.1 Å². The van der Waals surface area contributed by atoms with E-state index in [1.165, 1.54) is 16.8 Å². The van der Waals surface area contributed by atoms with Gasteiger partial charge < -0.3 is 4.57 Å². The highest BCUT2D eigenvalue weighted by Gasteiger charge is 2.30. The smallest absolute Gasteiger partial charge is 0.310 e. The van der Waals surface area contributed by atoms with E-state index in [9.17, 15) is 18.0 Å². The number of halogens is 3. The van der Waals surface area contributed by atoms with Crippen LogP contribution in [0.2, 0.25) is 0 Å². The van der Waals surface area contributed by atoms with Crippen molar-refractivity contribution in [2.75, 3.05) is 0 Å². The van der Waals surface area contributed by atoms with E-state index in [0.717, 1.165) is 12.1 Å². The number of nitrogens with zero attached hydrogens (tertiary/aromatic N) is 3. The predicted octanol–water partition coefficient (Wildman–Crippen LogP) is 4.02. The summed E-state index contributed by atoms with van der Waals surface area (Å²) in [6, 6.07) is 8.13. The number of rotatable bonds is 5.